The third-order valence-electron chi connectivity index (χ3n) is 5.08. The SMILES string of the molecule is C1=Cc2ccccc2Nc2ccccc21.CC.CC(C)c1cccc2ccccc12. The molecule has 0 spiro atoms. The van der Waals surface area contributed by atoms with E-state index in [0.29, 0.717) is 5.92 Å². The van der Waals surface area contributed by atoms with Gasteiger partial charge in [-0.05, 0) is 45.5 Å². The molecule has 0 fully saturated rings. The summed E-state index contributed by atoms with van der Waals surface area (Å²) < 4.78 is 0. The van der Waals surface area contributed by atoms with Crippen LogP contribution in [0.25, 0.3) is 22.9 Å². The number of rotatable bonds is 1. The molecule has 1 aliphatic heterocycles. The molecule has 1 aliphatic rings. The van der Waals surface area contributed by atoms with Crippen molar-refractivity contribution in [2.75, 3.05) is 5.32 Å². The molecule has 0 aromatic heterocycles. The summed E-state index contributed by atoms with van der Waals surface area (Å²) in [7, 11) is 0. The van der Waals surface area contributed by atoms with Gasteiger partial charge in [0.1, 0.15) is 0 Å². The van der Waals surface area contributed by atoms with Gasteiger partial charge in [-0.15, -0.1) is 0 Å². The summed E-state index contributed by atoms with van der Waals surface area (Å²) in [4.78, 5) is 0. The number of fused-ring (bicyclic) bond motifs is 3. The van der Waals surface area contributed by atoms with Crippen molar-refractivity contribution in [3.8, 4) is 0 Å². The van der Waals surface area contributed by atoms with Crippen LogP contribution in [0.4, 0.5) is 11.4 Å². The summed E-state index contributed by atoms with van der Waals surface area (Å²) >= 11 is 0. The molecule has 0 saturated heterocycles. The number of hydrogen-bond acceptors (Lipinski definition) is 1. The van der Waals surface area contributed by atoms with Crippen LogP contribution in [0.3, 0.4) is 0 Å². The second-order valence-electron chi connectivity index (χ2n) is 7.36. The highest BCUT2D eigenvalue weighted by molar-refractivity contribution is 5.87. The highest BCUT2D eigenvalue weighted by atomic mass is 14.9. The van der Waals surface area contributed by atoms with E-state index >= 15 is 0 Å². The molecule has 0 amide bonds. The van der Waals surface area contributed by atoms with Crippen LogP contribution < -0.4 is 5.32 Å². The average Bonchev–Trinajstić information content (AvgIpc) is 3.00. The van der Waals surface area contributed by atoms with Crippen LogP contribution in [0.5, 0.6) is 0 Å². The molecular formula is C29H31N. The van der Waals surface area contributed by atoms with Gasteiger partial charge in [0.15, 0.2) is 0 Å². The van der Waals surface area contributed by atoms with E-state index in [2.05, 4.69) is 110 Å². The third-order valence-corrected chi connectivity index (χ3v) is 5.08. The van der Waals surface area contributed by atoms with Gasteiger partial charge in [0, 0.05) is 11.4 Å². The summed E-state index contributed by atoms with van der Waals surface area (Å²) in [6.07, 6.45) is 4.29. The molecule has 0 atom stereocenters. The summed E-state index contributed by atoms with van der Waals surface area (Å²) in [5.74, 6) is 0.603. The summed E-state index contributed by atoms with van der Waals surface area (Å²) in [5, 5.41) is 6.17. The normalized spacial score (nSPS) is 11.1. The Morgan fingerprint density at radius 2 is 1.07 bits per heavy atom. The van der Waals surface area contributed by atoms with Gasteiger partial charge in [0.05, 0.1) is 0 Å². The van der Waals surface area contributed by atoms with Crippen molar-refractivity contribution in [1.29, 1.82) is 0 Å². The number of para-hydroxylation sites is 2. The summed E-state index contributed by atoms with van der Waals surface area (Å²) in [6.45, 7) is 8.48. The Morgan fingerprint density at radius 3 is 1.67 bits per heavy atom. The Morgan fingerprint density at radius 1 is 0.567 bits per heavy atom. The van der Waals surface area contributed by atoms with Gasteiger partial charge in [-0.3, -0.25) is 0 Å². The van der Waals surface area contributed by atoms with Gasteiger partial charge in [-0.25, -0.2) is 0 Å². The van der Waals surface area contributed by atoms with Crippen molar-refractivity contribution in [3.05, 3.63) is 108 Å². The first-order valence-corrected chi connectivity index (χ1v) is 10.8. The van der Waals surface area contributed by atoms with E-state index in [0.717, 1.165) is 0 Å². The largest absolute Gasteiger partial charge is 0.355 e. The van der Waals surface area contributed by atoms with E-state index in [-0.39, 0.29) is 0 Å². The molecule has 0 aliphatic carbocycles. The Bertz CT molecular complexity index is 1070. The molecule has 30 heavy (non-hydrogen) atoms. The highest BCUT2D eigenvalue weighted by Gasteiger charge is 2.06. The second kappa shape index (κ2) is 10.5. The summed E-state index contributed by atoms with van der Waals surface area (Å²) in [5.41, 5.74) is 6.23. The molecule has 1 heterocycles. The van der Waals surface area contributed by atoms with Crippen molar-refractivity contribution < 1.29 is 0 Å². The third kappa shape index (κ3) is 4.99. The Labute approximate surface area is 181 Å². The molecule has 5 rings (SSSR count). The van der Waals surface area contributed by atoms with Crippen LogP contribution in [0.1, 0.15) is 50.3 Å². The Balaban J connectivity index is 0.000000159. The lowest BCUT2D eigenvalue weighted by molar-refractivity contribution is 0.876. The van der Waals surface area contributed by atoms with E-state index in [9.17, 15) is 0 Å². The minimum atomic E-state index is 0.603. The standard InChI is InChI=1S/C14H11N.C13H14.C2H6/c1-3-7-13-11(5-1)9-10-12-6-2-4-8-14(12)15-13;1-10(2)12-9-5-7-11-6-3-4-8-13(11)12;1-2/h1-10,15H;3-10H,1-2H3;1-2H3. The summed E-state index contributed by atoms with van der Waals surface area (Å²) in [6, 6.07) is 31.7. The maximum absolute atomic E-state index is 3.44. The highest BCUT2D eigenvalue weighted by Crippen LogP contribution is 2.29. The van der Waals surface area contributed by atoms with E-state index < -0.39 is 0 Å². The predicted molar refractivity (Wildman–Crippen MR) is 134 cm³/mol. The van der Waals surface area contributed by atoms with Crippen molar-refractivity contribution in [2.45, 2.75) is 33.6 Å². The molecule has 0 radical (unpaired) electrons. The van der Waals surface area contributed by atoms with Gasteiger partial charge < -0.3 is 5.32 Å². The molecule has 0 saturated carbocycles. The Kier molecular flexibility index (Phi) is 7.45. The van der Waals surface area contributed by atoms with Crippen LogP contribution in [0.15, 0.2) is 91.0 Å². The zero-order valence-corrected chi connectivity index (χ0v) is 18.4. The van der Waals surface area contributed by atoms with Crippen molar-refractivity contribution >= 4 is 34.3 Å². The lowest BCUT2D eigenvalue weighted by Crippen LogP contribution is -1.92. The number of anilines is 2. The van der Waals surface area contributed by atoms with Crippen LogP contribution in [0.2, 0.25) is 0 Å². The second-order valence-corrected chi connectivity index (χ2v) is 7.36. The van der Waals surface area contributed by atoms with E-state index in [4.69, 9.17) is 0 Å². The lowest BCUT2D eigenvalue weighted by Gasteiger charge is -2.08. The molecule has 1 nitrogen and oxygen atoms in total. The maximum Gasteiger partial charge on any atom is 0.0457 e. The first kappa shape index (κ1) is 21.4. The first-order chi connectivity index (χ1) is 14.7. The molecule has 4 aromatic carbocycles. The smallest absolute Gasteiger partial charge is 0.0457 e. The first-order valence-electron chi connectivity index (χ1n) is 10.8. The monoisotopic (exact) mass is 393 g/mol. The zero-order chi connectivity index (χ0) is 21.3. The topological polar surface area (TPSA) is 12.0 Å². The van der Waals surface area contributed by atoms with Gasteiger partial charge in [0.25, 0.3) is 0 Å². The number of benzene rings is 4. The average molecular weight is 394 g/mol. The quantitative estimate of drug-likeness (QED) is 0.300. The van der Waals surface area contributed by atoms with Gasteiger partial charge in [-0.1, -0.05) is 119 Å². The minimum absolute atomic E-state index is 0.603. The fourth-order valence-electron chi connectivity index (χ4n) is 3.59. The van der Waals surface area contributed by atoms with E-state index in [1.807, 2.05) is 26.0 Å². The van der Waals surface area contributed by atoms with Gasteiger partial charge >= 0.3 is 0 Å². The van der Waals surface area contributed by atoms with Crippen LogP contribution in [-0.2, 0) is 0 Å². The minimum Gasteiger partial charge on any atom is -0.355 e. The van der Waals surface area contributed by atoms with E-state index in [1.165, 1.54) is 38.8 Å². The molecule has 0 unspecified atom stereocenters. The van der Waals surface area contributed by atoms with Gasteiger partial charge in [-0.2, -0.15) is 0 Å². The Hall–Kier alpha value is -3.32. The number of hydrogen-bond donors (Lipinski definition) is 1. The molecule has 1 N–H and O–H groups in total. The van der Waals surface area contributed by atoms with Crippen molar-refractivity contribution in [3.63, 3.8) is 0 Å². The molecule has 1 heteroatoms. The number of nitrogens with one attached hydrogen (secondary N) is 1. The maximum atomic E-state index is 3.44. The fraction of sp³-hybridized carbons (Fsp3) is 0.172. The predicted octanol–water partition coefficient (Wildman–Crippen LogP) is 8.90. The van der Waals surface area contributed by atoms with Crippen LogP contribution in [0, 0.1) is 0 Å². The van der Waals surface area contributed by atoms with Crippen molar-refractivity contribution in [1.82, 2.24) is 0 Å². The molecule has 4 aromatic rings. The lowest BCUT2D eigenvalue weighted by atomic mass is 9.96. The fourth-order valence-corrected chi connectivity index (χ4v) is 3.59. The van der Waals surface area contributed by atoms with Crippen molar-refractivity contribution in [2.24, 2.45) is 0 Å². The van der Waals surface area contributed by atoms with E-state index in [1.54, 1.807) is 0 Å². The molecule has 0 bridgehead atoms. The molecule has 152 valence electrons. The van der Waals surface area contributed by atoms with Crippen LogP contribution >= 0.6 is 0 Å². The zero-order valence-electron chi connectivity index (χ0n) is 18.4. The molecular weight excluding hydrogens is 362 g/mol. The van der Waals surface area contributed by atoms with Gasteiger partial charge in [0.2, 0.25) is 0 Å². The van der Waals surface area contributed by atoms with Crippen LogP contribution in [-0.4, -0.2) is 0 Å².